The molecule has 4 nitrogen and oxygen atoms in total. The Balaban J connectivity index is 1.91. The maximum absolute atomic E-state index is 10.8. The fraction of sp³-hybridized carbons (Fsp3) is 0.500. The molecule has 0 aliphatic carbocycles. The largest absolute Gasteiger partial charge is 0.387 e. The number of aryl methyl sites for hydroxylation is 1. The van der Waals surface area contributed by atoms with Crippen LogP contribution in [0.25, 0.3) is 10.9 Å². The zero-order valence-electron chi connectivity index (χ0n) is 12.2. The van der Waals surface area contributed by atoms with Gasteiger partial charge in [0.15, 0.2) is 0 Å². The molecule has 0 radical (unpaired) electrons. The van der Waals surface area contributed by atoms with E-state index in [-0.39, 0.29) is 6.04 Å². The fourth-order valence-electron chi connectivity index (χ4n) is 3.21. The number of nitrogens with one attached hydrogen (secondary N) is 2. The van der Waals surface area contributed by atoms with Gasteiger partial charge in [-0.25, -0.2) is 0 Å². The van der Waals surface area contributed by atoms with Crippen molar-refractivity contribution >= 4 is 10.9 Å². The maximum atomic E-state index is 10.8. The lowest BCUT2D eigenvalue weighted by atomic mass is 9.99. The molecule has 1 aromatic carbocycles. The van der Waals surface area contributed by atoms with Gasteiger partial charge in [-0.1, -0.05) is 18.2 Å². The van der Waals surface area contributed by atoms with Gasteiger partial charge in [-0.15, -0.1) is 0 Å². The second-order valence-corrected chi connectivity index (χ2v) is 5.68. The highest BCUT2D eigenvalue weighted by Gasteiger charge is 2.27. The summed E-state index contributed by atoms with van der Waals surface area (Å²) >= 11 is 0. The zero-order valence-corrected chi connectivity index (χ0v) is 12.2. The Morgan fingerprint density at radius 1 is 1.20 bits per heavy atom. The average molecular weight is 273 g/mol. The summed E-state index contributed by atoms with van der Waals surface area (Å²) in [6.45, 7) is 8.17. The van der Waals surface area contributed by atoms with Crippen molar-refractivity contribution in [1.29, 1.82) is 0 Å². The van der Waals surface area contributed by atoms with E-state index in [2.05, 4.69) is 34.3 Å². The van der Waals surface area contributed by atoms with Crippen LogP contribution in [-0.2, 0) is 0 Å². The van der Waals surface area contributed by atoms with E-state index in [0.29, 0.717) is 0 Å². The summed E-state index contributed by atoms with van der Waals surface area (Å²) in [7, 11) is 0. The second kappa shape index (κ2) is 5.56. The van der Waals surface area contributed by atoms with Crippen molar-refractivity contribution < 1.29 is 5.11 Å². The van der Waals surface area contributed by atoms with E-state index in [1.807, 2.05) is 19.1 Å². The van der Waals surface area contributed by atoms with Crippen LogP contribution in [0.15, 0.2) is 24.3 Å². The van der Waals surface area contributed by atoms with Crippen molar-refractivity contribution in [2.45, 2.75) is 26.0 Å². The van der Waals surface area contributed by atoms with E-state index in [1.165, 1.54) is 0 Å². The number of benzene rings is 1. The maximum Gasteiger partial charge on any atom is 0.0965 e. The SMILES string of the molecule is Cc1[nH]c2ccccc2c1C(O)C(C)N1CCNCC1. The van der Waals surface area contributed by atoms with Crippen LogP contribution < -0.4 is 5.32 Å². The molecule has 0 saturated carbocycles. The third kappa shape index (κ3) is 2.35. The van der Waals surface area contributed by atoms with E-state index in [9.17, 15) is 5.11 Å². The molecular formula is C16H23N3O. The standard InChI is InChI=1S/C16H23N3O/c1-11-15(13-5-3-4-6-14(13)18-11)16(20)12(2)19-9-7-17-8-10-19/h3-6,12,16-18,20H,7-10H2,1-2H3. The number of H-pyrrole nitrogens is 1. The smallest absolute Gasteiger partial charge is 0.0965 e. The number of nitrogens with zero attached hydrogens (tertiary/aromatic N) is 1. The Hall–Kier alpha value is -1.36. The van der Waals surface area contributed by atoms with E-state index < -0.39 is 6.10 Å². The van der Waals surface area contributed by atoms with Gasteiger partial charge in [-0.05, 0) is 19.9 Å². The van der Waals surface area contributed by atoms with Crippen LogP contribution >= 0.6 is 0 Å². The molecule has 2 atom stereocenters. The molecule has 2 heterocycles. The van der Waals surface area contributed by atoms with Gasteiger partial charge in [0.05, 0.1) is 6.10 Å². The molecule has 1 aromatic heterocycles. The number of hydrogen-bond acceptors (Lipinski definition) is 3. The van der Waals surface area contributed by atoms with Gasteiger partial charge >= 0.3 is 0 Å². The molecular weight excluding hydrogens is 250 g/mol. The molecule has 1 saturated heterocycles. The van der Waals surface area contributed by atoms with Crippen LogP contribution in [0.4, 0.5) is 0 Å². The summed E-state index contributed by atoms with van der Waals surface area (Å²) in [4.78, 5) is 5.74. The van der Waals surface area contributed by atoms with Gasteiger partial charge in [0.2, 0.25) is 0 Å². The normalized spacial score (nSPS) is 20.1. The molecule has 3 rings (SSSR count). The first-order valence-electron chi connectivity index (χ1n) is 7.38. The number of aliphatic hydroxyl groups is 1. The predicted molar refractivity (Wildman–Crippen MR) is 81.9 cm³/mol. The molecule has 0 bridgehead atoms. The lowest BCUT2D eigenvalue weighted by Gasteiger charge is -2.35. The molecule has 2 aromatic rings. The highest BCUT2D eigenvalue weighted by atomic mass is 16.3. The third-order valence-corrected chi connectivity index (χ3v) is 4.42. The van der Waals surface area contributed by atoms with Crippen LogP contribution in [-0.4, -0.2) is 47.2 Å². The van der Waals surface area contributed by atoms with Crippen molar-refractivity contribution in [2.75, 3.05) is 26.2 Å². The van der Waals surface area contributed by atoms with E-state index >= 15 is 0 Å². The average Bonchev–Trinajstić information content (AvgIpc) is 2.82. The Labute approximate surface area is 119 Å². The minimum atomic E-state index is -0.454. The summed E-state index contributed by atoms with van der Waals surface area (Å²) in [6.07, 6.45) is -0.454. The quantitative estimate of drug-likeness (QED) is 0.799. The molecule has 20 heavy (non-hydrogen) atoms. The Kier molecular flexibility index (Phi) is 3.78. The van der Waals surface area contributed by atoms with E-state index in [4.69, 9.17) is 0 Å². The van der Waals surface area contributed by atoms with Crippen molar-refractivity contribution in [1.82, 2.24) is 15.2 Å². The topological polar surface area (TPSA) is 51.3 Å². The van der Waals surface area contributed by atoms with Gasteiger partial charge in [0.1, 0.15) is 0 Å². The first-order valence-corrected chi connectivity index (χ1v) is 7.38. The number of piperazine rings is 1. The highest BCUT2D eigenvalue weighted by molar-refractivity contribution is 5.85. The monoisotopic (exact) mass is 273 g/mol. The Morgan fingerprint density at radius 3 is 2.65 bits per heavy atom. The number of aromatic amines is 1. The molecule has 1 aliphatic rings. The molecule has 108 valence electrons. The minimum absolute atomic E-state index is 0.134. The number of rotatable bonds is 3. The molecule has 1 fully saturated rings. The second-order valence-electron chi connectivity index (χ2n) is 5.68. The van der Waals surface area contributed by atoms with Gasteiger partial charge in [0, 0.05) is 54.4 Å². The Bertz CT molecular complexity index is 586. The van der Waals surface area contributed by atoms with Gasteiger partial charge in [-0.2, -0.15) is 0 Å². The Morgan fingerprint density at radius 2 is 1.90 bits per heavy atom. The number of aliphatic hydroxyl groups excluding tert-OH is 1. The fourth-order valence-corrected chi connectivity index (χ4v) is 3.21. The van der Waals surface area contributed by atoms with Crippen LogP contribution in [0.1, 0.15) is 24.3 Å². The predicted octanol–water partition coefficient (Wildman–Crippen LogP) is 1.80. The first-order chi connectivity index (χ1) is 9.68. The number of aromatic nitrogens is 1. The lowest BCUT2D eigenvalue weighted by molar-refractivity contribution is 0.0515. The number of hydrogen-bond donors (Lipinski definition) is 3. The van der Waals surface area contributed by atoms with E-state index in [1.54, 1.807) is 0 Å². The number of fused-ring (bicyclic) bond motifs is 1. The number of para-hydroxylation sites is 1. The molecule has 3 N–H and O–H groups in total. The third-order valence-electron chi connectivity index (χ3n) is 4.42. The summed E-state index contributed by atoms with van der Waals surface area (Å²) in [5.41, 5.74) is 3.22. The van der Waals surface area contributed by atoms with Gasteiger partial charge < -0.3 is 15.4 Å². The molecule has 4 heteroatoms. The zero-order chi connectivity index (χ0) is 14.1. The van der Waals surface area contributed by atoms with Gasteiger partial charge in [-0.3, -0.25) is 4.90 Å². The summed E-state index contributed by atoms with van der Waals surface area (Å²) in [6, 6.07) is 8.33. The lowest BCUT2D eigenvalue weighted by Crippen LogP contribution is -2.49. The van der Waals surface area contributed by atoms with Crippen molar-refractivity contribution in [3.63, 3.8) is 0 Å². The minimum Gasteiger partial charge on any atom is -0.387 e. The van der Waals surface area contributed by atoms with Crippen molar-refractivity contribution in [3.05, 3.63) is 35.5 Å². The molecule has 1 aliphatic heterocycles. The van der Waals surface area contributed by atoms with Crippen molar-refractivity contribution in [3.8, 4) is 0 Å². The van der Waals surface area contributed by atoms with Crippen LogP contribution in [0, 0.1) is 6.92 Å². The van der Waals surface area contributed by atoms with Gasteiger partial charge in [0.25, 0.3) is 0 Å². The molecule has 0 spiro atoms. The van der Waals surface area contributed by atoms with Crippen LogP contribution in [0.2, 0.25) is 0 Å². The summed E-state index contributed by atoms with van der Waals surface area (Å²) in [5, 5.41) is 15.3. The van der Waals surface area contributed by atoms with Crippen molar-refractivity contribution in [2.24, 2.45) is 0 Å². The molecule has 2 unspecified atom stereocenters. The summed E-state index contributed by atoms with van der Waals surface area (Å²) < 4.78 is 0. The van der Waals surface area contributed by atoms with Crippen LogP contribution in [0.5, 0.6) is 0 Å². The highest BCUT2D eigenvalue weighted by Crippen LogP contribution is 2.31. The van der Waals surface area contributed by atoms with E-state index in [0.717, 1.165) is 48.3 Å². The molecule has 0 amide bonds. The van der Waals surface area contributed by atoms with Crippen LogP contribution in [0.3, 0.4) is 0 Å². The summed E-state index contributed by atoms with van der Waals surface area (Å²) in [5.74, 6) is 0. The first kappa shape index (κ1) is 13.6.